The number of aromatic nitrogens is 2. The molecule has 0 radical (unpaired) electrons. The average Bonchev–Trinajstić information content (AvgIpc) is 2.48. The lowest BCUT2D eigenvalue weighted by molar-refractivity contribution is -0.142. The Morgan fingerprint density at radius 1 is 1.23 bits per heavy atom. The number of alkyl halides is 4. The van der Waals surface area contributed by atoms with Crippen molar-refractivity contribution in [1.82, 2.24) is 14.9 Å². The van der Waals surface area contributed by atoms with Crippen molar-refractivity contribution in [3.63, 3.8) is 0 Å². The highest BCUT2D eigenvalue weighted by atomic mass is 19.3. The third kappa shape index (κ3) is 4.19. The van der Waals surface area contributed by atoms with Crippen molar-refractivity contribution < 1.29 is 22.3 Å². The van der Waals surface area contributed by atoms with E-state index in [9.17, 15) is 17.6 Å². The van der Waals surface area contributed by atoms with E-state index in [1.54, 1.807) is 6.07 Å². The molecule has 9 heteroatoms. The van der Waals surface area contributed by atoms with Crippen LogP contribution in [0.1, 0.15) is 6.92 Å². The average molecular weight is 322 g/mol. The molecular weight excluding hydrogens is 304 g/mol. The zero-order valence-electron chi connectivity index (χ0n) is 12.2. The van der Waals surface area contributed by atoms with Crippen LogP contribution in [-0.4, -0.2) is 66.5 Å². The fraction of sp³-hybridized carbons (Fsp3) is 0.692. The standard InChI is InChI=1S/C13H18F4N4O/c1-2-22-11-7-10(18-9-19-11)21-5-3-20(4-6-21)8-13(16,17)12(14)15/h7,9,12H,2-6,8H2,1H3. The summed E-state index contributed by atoms with van der Waals surface area (Å²) in [7, 11) is 0. The number of hydrogen-bond acceptors (Lipinski definition) is 5. The predicted molar refractivity (Wildman–Crippen MR) is 72.8 cm³/mol. The SMILES string of the molecule is CCOc1cc(N2CCN(CC(F)(F)C(F)F)CC2)ncn1. The van der Waals surface area contributed by atoms with Gasteiger partial charge in [-0.15, -0.1) is 0 Å². The lowest BCUT2D eigenvalue weighted by atomic mass is 10.2. The van der Waals surface area contributed by atoms with Gasteiger partial charge in [0.15, 0.2) is 0 Å². The van der Waals surface area contributed by atoms with Gasteiger partial charge in [0.05, 0.1) is 13.2 Å². The molecule has 0 aromatic carbocycles. The van der Waals surface area contributed by atoms with Crippen molar-refractivity contribution >= 4 is 5.82 Å². The molecule has 0 aliphatic carbocycles. The second kappa shape index (κ2) is 7.08. The van der Waals surface area contributed by atoms with E-state index < -0.39 is 18.9 Å². The minimum Gasteiger partial charge on any atom is -0.478 e. The van der Waals surface area contributed by atoms with Gasteiger partial charge >= 0.3 is 12.3 Å². The van der Waals surface area contributed by atoms with Crippen molar-refractivity contribution in [2.24, 2.45) is 0 Å². The molecule has 1 fully saturated rings. The molecule has 1 aliphatic rings. The molecule has 0 atom stereocenters. The first-order valence-electron chi connectivity index (χ1n) is 7.00. The number of rotatable bonds is 6. The summed E-state index contributed by atoms with van der Waals surface area (Å²) in [6.07, 6.45) is -2.27. The van der Waals surface area contributed by atoms with E-state index >= 15 is 0 Å². The predicted octanol–water partition coefficient (Wildman–Crippen LogP) is 1.90. The van der Waals surface area contributed by atoms with Crippen LogP contribution >= 0.6 is 0 Å². The van der Waals surface area contributed by atoms with Gasteiger partial charge in [-0.25, -0.2) is 18.7 Å². The van der Waals surface area contributed by atoms with Crippen LogP contribution in [0.15, 0.2) is 12.4 Å². The molecule has 1 aliphatic heterocycles. The molecule has 1 aromatic heterocycles. The van der Waals surface area contributed by atoms with Gasteiger partial charge < -0.3 is 9.64 Å². The molecule has 0 unspecified atom stereocenters. The first-order chi connectivity index (χ1) is 10.4. The van der Waals surface area contributed by atoms with Gasteiger partial charge in [0, 0.05) is 32.2 Å². The maximum absolute atomic E-state index is 13.0. The molecule has 1 saturated heterocycles. The first kappa shape index (κ1) is 16.7. The van der Waals surface area contributed by atoms with Gasteiger partial charge in [0.2, 0.25) is 5.88 Å². The summed E-state index contributed by atoms with van der Waals surface area (Å²) in [6.45, 7) is 2.81. The molecular formula is C13H18F4N4O. The molecule has 124 valence electrons. The van der Waals surface area contributed by atoms with Crippen LogP contribution in [0.2, 0.25) is 0 Å². The Morgan fingerprint density at radius 2 is 1.91 bits per heavy atom. The fourth-order valence-electron chi connectivity index (χ4n) is 2.23. The number of ether oxygens (including phenoxy) is 1. The van der Waals surface area contributed by atoms with Crippen LogP contribution in [0.5, 0.6) is 5.88 Å². The Labute approximate surface area is 125 Å². The van der Waals surface area contributed by atoms with Crippen LogP contribution in [0, 0.1) is 0 Å². The molecule has 0 spiro atoms. The summed E-state index contributed by atoms with van der Waals surface area (Å²) in [4.78, 5) is 11.3. The van der Waals surface area contributed by atoms with E-state index in [0.717, 1.165) is 0 Å². The minimum absolute atomic E-state index is 0.274. The highest BCUT2D eigenvalue weighted by molar-refractivity contribution is 5.41. The highest BCUT2D eigenvalue weighted by Crippen LogP contribution is 2.25. The number of piperazine rings is 1. The van der Waals surface area contributed by atoms with E-state index in [0.29, 0.717) is 31.4 Å². The molecule has 2 rings (SSSR count). The molecule has 0 bridgehead atoms. The van der Waals surface area contributed by atoms with Crippen LogP contribution < -0.4 is 9.64 Å². The maximum atomic E-state index is 13.0. The van der Waals surface area contributed by atoms with E-state index in [2.05, 4.69) is 9.97 Å². The lowest BCUT2D eigenvalue weighted by Gasteiger charge is -2.36. The second-order valence-corrected chi connectivity index (χ2v) is 4.97. The molecule has 0 amide bonds. The number of halogens is 4. The van der Waals surface area contributed by atoms with Gasteiger partial charge in [-0.05, 0) is 6.92 Å². The minimum atomic E-state index is -3.97. The van der Waals surface area contributed by atoms with Crippen LogP contribution in [0.4, 0.5) is 23.4 Å². The molecule has 2 heterocycles. The van der Waals surface area contributed by atoms with Gasteiger partial charge in [0.25, 0.3) is 0 Å². The summed E-state index contributed by atoms with van der Waals surface area (Å²) in [6, 6.07) is 1.67. The molecule has 22 heavy (non-hydrogen) atoms. The van der Waals surface area contributed by atoms with Gasteiger partial charge in [0.1, 0.15) is 12.1 Å². The summed E-state index contributed by atoms with van der Waals surface area (Å²) >= 11 is 0. The quantitative estimate of drug-likeness (QED) is 0.748. The van der Waals surface area contributed by atoms with E-state index in [1.165, 1.54) is 11.2 Å². The maximum Gasteiger partial charge on any atom is 0.319 e. The first-order valence-corrected chi connectivity index (χ1v) is 7.00. The Morgan fingerprint density at radius 3 is 2.50 bits per heavy atom. The fourth-order valence-corrected chi connectivity index (χ4v) is 2.23. The zero-order chi connectivity index (χ0) is 16.2. The van der Waals surface area contributed by atoms with E-state index in [4.69, 9.17) is 4.74 Å². The summed E-state index contributed by atoms with van der Waals surface area (Å²) < 4.78 is 55.8. The summed E-state index contributed by atoms with van der Waals surface area (Å²) in [5.74, 6) is -2.89. The number of hydrogen-bond donors (Lipinski definition) is 0. The Hall–Kier alpha value is -1.64. The van der Waals surface area contributed by atoms with Crippen molar-refractivity contribution in [2.75, 3.05) is 44.2 Å². The molecule has 1 aromatic rings. The monoisotopic (exact) mass is 322 g/mol. The van der Waals surface area contributed by atoms with Gasteiger partial charge in [-0.1, -0.05) is 0 Å². The lowest BCUT2D eigenvalue weighted by Crippen LogP contribution is -2.51. The van der Waals surface area contributed by atoms with Crippen LogP contribution in [0.25, 0.3) is 0 Å². The van der Waals surface area contributed by atoms with Crippen molar-refractivity contribution in [3.8, 4) is 5.88 Å². The third-order valence-corrected chi connectivity index (χ3v) is 3.37. The van der Waals surface area contributed by atoms with Crippen LogP contribution in [0.3, 0.4) is 0 Å². The Bertz CT molecular complexity index is 481. The normalized spacial score (nSPS) is 17.1. The Kier molecular flexibility index (Phi) is 5.38. The third-order valence-electron chi connectivity index (χ3n) is 3.37. The van der Waals surface area contributed by atoms with Crippen molar-refractivity contribution in [1.29, 1.82) is 0 Å². The largest absolute Gasteiger partial charge is 0.478 e. The molecule has 0 N–H and O–H groups in total. The van der Waals surface area contributed by atoms with E-state index in [1.807, 2.05) is 11.8 Å². The van der Waals surface area contributed by atoms with Gasteiger partial charge in [-0.2, -0.15) is 8.78 Å². The second-order valence-electron chi connectivity index (χ2n) is 4.97. The molecule has 0 saturated carbocycles. The van der Waals surface area contributed by atoms with Crippen LogP contribution in [-0.2, 0) is 0 Å². The van der Waals surface area contributed by atoms with Crippen molar-refractivity contribution in [3.05, 3.63) is 12.4 Å². The Balaban J connectivity index is 1.90. The topological polar surface area (TPSA) is 41.5 Å². The highest BCUT2D eigenvalue weighted by Gasteiger charge is 2.42. The smallest absolute Gasteiger partial charge is 0.319 e. The number of nitrogens with zero attached hydrogens (tertiary/aromatic N) is 4. The molecule has 5 nitrogen and oxygen atoms in total. The van der Waals surface area contributed by atoms with Crippen molar-refractivity contribution in [2.45, 2.75) is 19.3 Å². The van der Waals surface area contributed by atoms with Gasteiger partial charge in [-0.3, -0.25) is 4.90 Å². The zero-order valence-corrected chi connectivity index (χ0v) is 12.2. The summed E-state index contributed by atoms with van der Waals surface area (Å²) in [5, 5.41) is 0. The van der Waals surface area contributed by atoms with E-state index in [-0.39, 0.29) is 13.1 Å². The summed E-state index contributed by atoms with van der Waals surface area (Å²) in [5.41, 5.74) is 0. The number of anilines is 1.